The lowest BCUT2D eigenvalue weighted by Gasteiger charge is -2.22. The van der Waals surface area contributed by atoms with Crippen LogP contribution in [0.15, 0.2) is 40.9 Å². The molecule has 0 atom stereocenters. The second kappa shape index (κ2) is 6.18. The van der Waals surface area contributed by atoms with Gasteiger partial charge in [-0.3, -0.25) is 0 Å². The monoisotopic (exact) mass is 334 g/mol. The number of benzene rings is 2. The number of nitrogens with two attached hydrogens (primary N) is 1. The number of aryl methyl sites for hydroxylation is 1. The molecule has 0 saturated heterocycles. The molecule has 106 valence electrons. The summed E-state index contributed by atoms with van der Waals surface area (Å²) in [6, 6.07) is 12.1. The van der Waals surface area contributed by atoms with Gasteiger partial charge in [0.05, 0.1) is 18.5 Å². The van der Waals surface area contributed by atoms with Crippen LogP contribution in [0.25, 0.3) is 0 Å². The maximum absolute atomic E-state index is 6.07. The number of nitrogen functional groups attached to an aromatic ring is 1. The number of halogens is 1. The summed E-state index contributed by atoms with van der Waals surface area (Å²) in [5, 5.41) is 0. The number of rotatable bonds is 4. The van der Waals surface area contributed by atoms with Crippen LogP contribution in [-0.4, -0.2) is 14.2 Å². The fraction of sp³-hybridized carbons (Fsp3) is 0.250. The molecule has 0 aliphatic heterocycles. The topological polar surface area (TPSA) is 38.5 Å². The average molecular weight is 335 g/mol. The SMILES string of the molecule is COc1ccc(C)cc1CN(C)c1ccc(Br)cc1N. The van der Waals surface area contributed by atoms with Crippen LogP contribution in [-0.2, 0) is 6.54 Å². The molecule has 3 nitrogen and oxygen atoms in total. The second-order valence-corrected chi connectivity index (χ2v) is 5.79. The van der Waals surface area contributed by atoms with E-state index >= 15 is 0 Å². The van der Waals surface area contributed by atoms with E-state index < -0.39 is 0 Å². The van der Waals surface area contributed by atoms with Crippen LogP contribution in [0, 0.1) is 6.92 Å². The predicted molar refractivity (Wildman–Crippen MR) is 88.4 cm³/mol. The van der Waals surface area contributed by atoms with Crippen molar-refractivity contribution >= 4 is 27.3 Å². The highest BCUT2D eigenvalue weighted by Crippen LogP contribution is 2.29. The zero-order chi connectivity index (χ0) is 14.7. The van der Waals surface area contributed by atoms with E-state index in [4.69, 9.17) is 10.5 Å². The summed E-state index contributed by atoms with van der Waals surface area (Å²) in [6.45, 7) is 2.83. The molecular formula is C16H19BrN2O. The molecule has 0 saturated carbocycles. The number of hydrogen-bond acceptors (Lipinski definition) is 3. The third-order valence-electron chi connectivity index (χ3n) is 3.24. The van der Waals surface area contributed by atoms with Crippen LogP contribution >= 0.6 is 15.9 Å². The summed E-state index contributed by atoms with van der Waals surface area (Å²) in [7, 11) is 3.73. The average Bonchev–Trinajstić information content (AvgIpc) is 2.38. The number of nitrogens with zero attached hydrogens (tertiary/aromatic N) is 1. The van der Waals surface area contributed by atoms with Crippen LogP contribution in [0.2, 0.25) is 0 Å². The Hall–Kier alpha value is -1.68. The molecule has 0 aliphatic carbocycles. The van der Waals surface area contributed by atoms with Crippen LogP contribution < -0.4 is 15.4 Å². The zero-order valence-corrected chi connectivity index (χ0v) is 13.6. The standard InChI is InChI=1S/C16H19BrN2O/c1-11-4-7-16(20-3)12(8-11)10-19(2)15-6-5-13(17)9-14(15)18/h4-9H,10,18H2,1-3H3. The highest BCUT2D eigenvalue weighted by atomic mass is 79.9. The van der Waals surface area contributed by atoms with Gasteiger partial charge in [-0.2, -0.15) is 0 Å². The Morgan fingerprint density at radius 1 is 1.20 bits per heavy atom. The Kier molecular flexibility index (Phi) is 4.55. The van der Waals surface area contributed by atoms with Crippen molar-refractivity contribution in [1.82, 2.24) is 0 Å². The summed E-state index contributed by atoms with van der Waals surface area (Å²) >= 11 is 3.43. The third kappa shape index (κ3) is 3.25. The molecule has 0 aliphatic rings. The molecule has 4 heteroatoms. The van der Waals surface area contributed by atoms with Crippen LogP contribution in [0.1, 0.15) is 11.1 Å². The number of hydrogen-bond donors (Lipinski definition) is 1. The molecule has 2 aromatic carbocycles. The maximum atomic E-state index is 6.07. The van der Waals surface area contributed by atoms with Gasteiger partial charge in [-0.05, 0) is 31.2 Å². The summed E-state index contributed by atoms with van der Waals surface area (Å²) in [5.41, 5.74) is 10.2. The largest absolute Gasteiger partial charge is 0.496 e. The minimum Gasteiger partial charge on any atom is -0.496 e. The Labute approximate surface area is 128 Å². The first kappa shape index (κ1) is 14.7. The van der Waals surface area contributed by atoms with Gasteiger partial charge in [0.1, 0.15) is 5.75 Å². The fourth-order valence-electron chi connectivity index (χ4n) is 2.24. The van der Waals surface area contributed by atoms with Crippen molar-refractivity contribution in [2.45, 2.75) is 13.5 Å². The van der Waals surface area contributed by atoms with E-state index in [1.54, 1.807) is 7.11 Å². The molecule has 0 radical (unpaired) electrons. The van der Waals surface area contributed by atoms with E-state index in [1.165, 1.54) is 5.56 Å². The molecule has 2 N–H and O–H groups in total. The summed E-state index contributed by atoms with van der Waals surface area (Å²) in [6.07, 6.45) is 0. The molecule has 0 fully saturated rings. The van der Waals surface area contributed by atoms with Crippen molar-refractivity contribution in [3.05, 3.63) is 52.0 Å². The number of methoxy groups -OCH3 is 1. The smallest absolute Gasteiger partial charge is 0.123 e. The third-order valence-corrected chi connectivity index (χ3v) is 3.74. The molecule has 0 unspecified atom stereocenters. The van der Waals surface area contributed by atoms with Crippen molar-refractivity contribution in [3.63, 3.8) is 0 Å². The van der Waals surface area contributed by atoms with E-state index in [-0.39, 0.29) is 0 Å². The first-order valence-corrected chi connectivity index (χ1v) is 7.20. The lowest BCUT2D eigenvalue weighted by atomic mass is 10.1. The van der Waals surface area contributed by atoms with Gasteiger partial charge >= 0.3 is 0 Å². The summed E-state index contributed by atoms with van der Waals surface area (Å²) < 4.78 is 6.41. The van der Waals surface area contributed by atoms with E-state index in [9.17, 15) is 0 Å². The summed E-state index contributed by atoms with van der Waals surface area (Å²) in [5.74, 6) is 0.901. The Balaban J connectivity index is 2.27. The van der Waals surface area contributed by atoms with E-state index in [2.05, 4.69) is 39.9 Å². The van der Waals surface area contributed by atoms with Crippen molar-refractivity contribution in [3.8, 4) is 5.75 Å². The van der Waals surface area contributed by atoms with E-state index in [1.807, 2.05) is 31.3 Å². The Bertz CT molecular complexity index is 613. The normalized spacial score (nSPS) is 10.4. The highest BCUT2D eigenvalue weighted by Gasteiger charge is 2.10. The van der Waals surface area contributed by atoms with Crippen LogP contribution in [0.3, 0.4) is 0 Å². The zero-order valence-electron chi connectivity index (χ0n) is 12.0. The van der Waals surface area contributed by atoms with Crippen molar-refractivity contribution < 1.29 is 4.74 Å². The molecule has 0 bridgehead atoms. The van der Waals surface area contributed by atoms with Gasteiger partial charge in [0.15, 0.2) is 0 Å². The van der Waals surface area contributed by atoms with Gasteiger partial charge < -0.3 is 15.4 Å². The molecule has 0 aromatic heterocycles. The minimum atomic E-state index is 0.747. The molecule has 2 aromatic rings. The minimum absolute atomic E-state index is 0.747. The molecule has 0 spiro atoms. The van der Waals surface area contributed by atoms with Gasteiger partial charge in [-0.1, -0.05) is 33.6 Å². The van der Waals surface area contributed by atoms with Gasteiger partial charge in [-0.15, -0.1) is 0 Å². The Morgan fingerprint density at radius 2 is 1.95 bits per heavy atom. The Morgan fingerprint density at radius 3 is 2.60 bits per heavy atom. The van der Waals surface area contributed by atoms with Gasteiger partial charge in [-0.25, -0.2) is 0 Å². The quantitative estimate of drug-likeness (QED) is 0.859. The van der Waals surface area contributed by atoms with Crippen LogP contribution in [0.4, 0.5) is 11.4 Å². The first-order valence-electron chi connectivity index (χ1n) is 6.41. The van der Waals surface area contributed by atoms with E-state index in [0.29, 0.717) is 0 Å². The van der Waals surface area contributed by atoms with Crippen molar-refractivity contribution in [2.24, 2.45) is 0 Å². The van der Waals surface area contributed by atoms with Crippen molar-refractivity contribution in [1.29, 1.82) is 0 Å². The maximum Gasteiger partial charge on any atom is 0.123 e. The predicted octanol–water partition coefficient (Wildman–Crippen LogP) is 3.98. The second-order valence-electron chi connectivity index (χ2n) is 4.87. The highest BCUT2D eigenvalue weighted by molar-refractivity contribution is 9.10. The molecule has 2 rings (SSSR count). The van der Waals surface area contributed by atoms with Crippen LogP contribution in [0.5, 0.6) is 5.75 Å². The molecular weight excluding hydrogens is 316 g/mol. The molecule has 20 heavy (non-hydrogen) atoms. The summed E-state index contributed by atoms with van der Waals surface area (Å²) in [4.78, 5) is 2.12. The number of anilines is 2. The van der Waals surface area contributed by atoms with Crippen molar-refractivity contribution in [2.75, 3.05) is 24.8 Å². The molecule has 0 amide bonds. The molecule has 0 heterocycles. The van der Waals surface area contributed by atoms with E-state index in [0.717, 1.165) is 33.7 Å². The number of ether oxygens (including phenoxy) is 1. The van der Waals surface area contributed by atoms with Gasteiger partial charge in [0, 0.05) is 23.6 Å². The van der Waals surface area contributed by atoms with Gasteiger partial charge in [0.2, 0.25) is 0 Å². The lowest BCUT2D eigenvalue weighted by molar-refractivity contribution is 0.409. The lowest BCUT2D eigenvalue weighted by Crippen LogP contribution is -2.18. The fourth-order valence-corrected chi connectivity index (χ4v) is 2.62. The first-order chi connectivity index (χ1) is 9.51. The van der Waals surface area contributed by atoms with Gasteiger partial charge in [0.25, 0.3) is 0 Å².